The second-order valence-electron chi connectivity index (χ2n) is 9.77. The average Bonchev–Trinajstić information content (AvgIpc) is 3.23. The molecule has 3 aromatic heterocycles. The molecule has 3 aromatic rings. The third kappa shape index (κ3) is 4.40. The van der Waals surface area contributed by atoms with Gasteiger partial charge in [-0.25, -0.2) is 4.98 Å². The van der Waals surface area contributed by atoms with Crippen LogP contribution < -0.4 is 5.32 Å². The highest BCUT2D eigenvalue weighted by molar-refractivity contribution is 6.33. The predicted octanol–water partition coefficient (Wildman–Crippen LogP) is 4.55. The van der Waals surface area contributed by atoms with E-state index in [0.29, 0.717) is 22.2 Å². The average molecular weight is 454 g/mol. The number of rotatable bonds is 5. The molecule has 4 heterocycles. The zero-order valence-corrected chi connectivity index (χ0v) is 19.7. The van der Waals surface area contributed by atoms with Gasteiger partial charge in [0, 0.05) is 29.6 Å². The number of nitrogens with one attached hydrogen (secondary N) is 1. The van der Waals surface area contributed by atoms with E-state index in [2.05, 4.69) is 34.2 Å². The number of nitrogens with zero attached hydrogens (tertiary/aromatic N) is 4. The van der Waals surface area contributed by atoms with Crippen LogP contribution in [0, 0.1) is 5.41 Å². The number of carbonyl (C=O) groups is 1. The largest absolute Gasteiger partial charge is 0.384 e. The van der Waals surface area contributed by atoms with Crippen molar-refractivity contribution in [3.63, 3.8) is 0 Å². The van der Waals surface area contributed by atoms with Gasteiger partial charge in [-0.15, -0.1) is 0 Å². The zero-order valence-electron chi connectivity index (χ0n) is 19.0. The molecule has 0 saturated carbocycles. The summed E-state index contributed by atoms with van der Waals surface area (Å²) in [6.07, 6.45) is 4.28. The Morgan fingerprint density at radius 2 is 2.03 bits per heavy atom. The van der Waals surface area contributed by atoms with Gasteiger partial charge < -0.3 is 10.4 Å². The minimum Gasteiger partial charge on any atom is -0.384 e. The molecule has 0 aliphatic carbocycles. The molecule has 0 spiro atoms. The summed E-state index contributed by atoms with van der Waals surface area (Å²) in [5, 5.41) is 18.1. The number of aliphatic hydroxyl groups is 1. The van der Waals surface area contributed by atoms with Crippen LogP contribution in [0.2, 0.25) is 5.02 Å². The van der Waals surface area contributed by atoms with Crippen molar-refractivity contribution < 1.29 is 9.90 Å². The summed E-state index contributed by atoms with van der Waals surface area (Å²) < 4.78 is 2.02. The molecular weight excluding hydrogens is 426 g/mol. The van der Waals surface area contributed by atoms with E-state index in [1.54, 1.807) is 51.2 Å². The zero-order chi connectivity index (χ0) is 23.3. The SMILES string of the molecule is C[C@@H](C(=O)Nc1cc(-c2cnn3c2CC(C)(C)C3)c(Cl)cn1)c1cccc(C(C)(C)O)n1. The lowest BCUT2D eigenvalue weighted by Crippen LogP contribution is -2.23. The quantitative estimate of drug-likeness (QED) is 0.591. The van der Waals surface area contributed by atoms with Crippen LogP contribution in [-0.2, 0) is 23.4 Å². The third-order valence-corrected chi connectivity index (χ3v) is 6.10. The first-order valence-electron chi connectivity index (χ1n) is 10.7. The van der Waals surface area contributed by atoms with Gasteiger partial charge >= 0.3 is 0 Å². The molecule has 1 aliphatic rings. The summed E-state index contributed by atoms with van der Waals surface area (Å²) in [6.45, 7) is 10.4. The maximum atomic E-state index is 12.9. The van der Waals surface area contributed by atoms with Crippen molar-refractivity contribution in [2.75, 3.05) is 5.32 Å². The first-order chi connectivity index (χ1) is 14.9. The van der Waals surface area contributed by atoms with Gasteiger partial charge in [0.05, 0.1) is 28.5 Å². The van der Waals surface area contributed by atoms with E-state index in [4.69, 9.17) is 11.6 Å². The van der Waals surface area contributed by atoms with Crippen molar-refractivity contribution in [1.82, 2.24) is 19.7 Å². The van der Waals surface area contributed by atoms with Gasteiger partial charge in [0.1, 0.15) is 11.4 Å². The molecule has 7 nitrogen and oxygen atoms in total. The Bertz CT molecular complexity index is 1180. The van der Waals surface area contributed by atoms with Crippen LogP contribution >= 0.6 is 11.6 Å². The Kier molecular flexibility index (Phi) is 5.59. The smallest absolute Gasteiger partial charge is 0.234 e. The highest BCUT2D eigenvalue weighted by atomic mass is 35.5. The van der Waals surface area contributed by atoms with Gasteiger partial charge in [-0.2, -0.15) is 5.10 Å². The Morgan fingerprint density at radius 1 is 1.28 bits per heavy atom. The number of halogens is 1. The van der Waals surface area contributed by atoms with Gasteiger partial charge in [-0.1, -0.05) is 31.5 Å². The van der Waals surface area contributed by atoms with E-state index < -0.39 is 11.5 Å². The lowest BCUT2D eigenvalue weighted by Gasteiger charge is -2.19. The van der Waals surface area contributed by atoms with Gasteiger partial charge in [0.25, 0.3) is 0 Å². The Balaban J connectivity index is 1.57. The molecule has 0 unspecified atom stereocenters. The minimum atomic E-state index is -1.08. The maximum absolute atomic E-state index is 12.9. The molecule has 8 heteroatoms. The number of anilines is 1. The topological polar surface area (TPSA) is 92.9 Å². The Hall–Kier alpha value is -2.77. The number of hydrogen-bond donors (Lipinski definition) is 2. The fourth-order valence-electron chi connectivity index (χ4n) is 3.99. The van der Waals surface area contributed by atoms with Crippen molar-refractivity contribution in [2.45, 2.75) is 59.1 Å². The highest BCUT2D eigenvalue weighted by Gasteiger charge is 2.32. The van der Waals surface area contributed by atoms with Crippen molar-refractivity contribution in [3.05, 3.63) is 58.8 Å². The molecule has 0 bridgehead atoms. The summed E-state index contributed by atoms with van der Waals surface area (Å²) in [4.78, 5) is 21.7. The van der Waals surface area contributed by atoms with Crippen LogP contribution in [0.5, 0.6) is 0 Å². The van der Waals surface area contributed by atoms with E-state index in [0.717, 1.165) is 29.8 Å². The lowest BCUT2D eigenvalue weighted by molar-refractivity contribution is -0.117. The molecule has 32 heavy (non-hydrogen) atoms. The van der Waals surface area contributed by atoms with E-state index >= 15 is 0 Å². The van der Waals surface area contributed by atoms with E-state index in [-0.39, 0.29) is 11.3 Å². The molecule has 168 valence electrons. The number of aromatic nitrogens is 4. The van der Waals surface area contributed by atoms with E-state index in [1.807, 2.05) is 10.9 Å². The van der Waals surface area contributed by atoms with Crippen LogP contribution in [0.3, 0.4) is 0 Å². The van der Waals surface area contributed by atoms with Gasteiger partial charge in [-0.05, 0) is 50.8 Å². The maximum Gasteiger partial charge on any atom is 0.234 e. The molecule has 2 N–H and O–H groups in total. The van der Waals surface area contributed by atoms with Gasteiger partial charge in [-0.3, -0.25) is 14.5 Å². The molecule has 0 radical (unpaired) electrons. The summed E-state index contributed by atoms with van der Waals surface area (Å²) in [7, 11) is 0. The predicted molar refractivity (Wildman–Crippen MR) is 124 cm³/mol. The van der Waals surface area contributed by atoms with Crippen molar-refractivity contribution in [2.24, 2.45) is 5.41 Å². The minimum absolute atomic E-state index is 0.148. The van der Waals surface area contributed by atoms with E-state index in [9.17, 15) is 9.90 Å². The number of carbonyl (C=O) groups excluding carboxylic acids is 1. The van der Waals surface area contributed by atoms with Crippen LogP contribution in [0.25, 0.3) is 11.1 Å². The van der Waals surface area contributed by atoms with Gasteiger partial charge in [0.15, 0.2) is 0 Å². The van der Waals surface area contributed by atoms with Crippen LogP contribution in [0.15, 0.2) is 36.7 Å². The van der Waals surface area contributed by atoms with Gasteiger partial charge in [0.2, 0.25) is 5.91 Å². The fourth-order valence-corrected chi connectivity index (χ4v) is 4.19. The normalized spacial score (nSPS) is 16.0. The second kappa shape index (κ2) is 7.98. The first kappa shape index (κ1) is 22.4. The molecule has 1 amide bonds. The van der Waals surface area contributed by atoms with Crippen LogP contribution in [0.1, 0.15) is 57.6 Å². The summed E-state index contributed by atoms with van der Waals surface area (Å²) in [5.41, 5.74) is 3.06. The van der Waals surface area contributed by atoms with Crippen molar-refractivity contribution in [1.29, 1.82) is 0 Å². The van der Waals surface area contributed by atoms with Crippen LogP contribution in [0.4, 0.5) is 5.82 Å². The summed E-state index contributed by atoms with van der Waals surface area (Å²) in [6, 6.07) is 7.10. The van der Waals surface area contributed by atoms with Crippen molar-refractivity contribution in [3.8, 4) is 11.1 Å². The molecule has 1 aliphatic heterocycles. The molecule has 4 rings (SSSR count). The molecule has 0 saturated heterocycles. The van der Waals surface area contributed by atoms with Crippen molar-refractivity contribution >= 4 is 23.3 Å². The van der Waals surface area contributed by atoms with E-state index in [1.165, 1.54) is 0 Å². The number of pyridine rings is 2. The lowest BCUT2D eigenvalue weighted by atomic mass is 9.89. The summed E-state index contributed by atoms with van der Waals surface area (Å²) in [5.74, 6) is -0.357. The monoisotopic (exact) mass is 453 g/mol. The number of fused-ring (bicyclic) bond motifs is 1. The molecule has 1 atom stereocenters. The highest BCUT2D eigenvalue weighted by Crippen LogP contribution is 2.39. The number of hydrogen-bond acceptors (Lipinski definition) is 5. The number of amides is 1. The molecule has 0 aromatic carbocycles. The second-order valence-corrected chi connectivity index (χ2v) is 10.2. The molecule has 0 fully saturated rings. The third-order valence-electron chi connectivity index (χ3n) is 5.80. The van der Waals surface area contributed by atoms with Crippen LogP contribution in [-0.4, -0.2) is 30.8 Å². The Morgan fingerprint density at radius 3 is 2.75 bits per heavy atom. The fraction of sp³-hybridized carbons (Fsp3) is 0.417. The standard InChI is InChI=1S/C24H28ClN5O2/c1-14(18-7-6-8-20(28-18)24(4,5)32)22(31)29-21-9-15(17(25)12-26-21)16-11-27-30-13-23(2,3)10-19(16)30/h6-9,11-12,14,32H,10,13H2,1-5H3,(H,26,29,31)/t14-/m1/s1. The Labute approximate surface area is 192 Å². The first-order valence-corrected chi connectivity index (χ1v) is 11.0. The molecular formula is C24H28ClN5O2. The summed E-state index contributed by atoms with van der Waals surface area (Å²) >= 11 is 6.47.